The van der Waals surface area contributed by atoms with Crippen LogP contribution in [0.25, 0.3) is 11.5 Å². The molecule has 0 unspecified atom stereocenters. The summed E-state index contributed by atoms with van der Waals surface area (Å²) >= 11 is 0. The van der Waals surface area contributed by atoms with Gasteiger partial charge >= 0.3 is 12.2 Å². The van der Waals surface area contributed by atoms with E-state index in [9.17, 15) is 28.1 Å². The van der Waals surface area contributed by atoms with Gasteiger partial charge in [0.1, 0.15) is 0 Å². The Morgan fingerprint density at radius 1 is 1.04 bits per heavy atom. The van der Waals surface area contributed by atoms with Gasteiger partial charge in [0.15, 0.2) is 0 Å². The molecule has 3 rings (SSSR count). The van der Waals surface area contributed by atoms with Crippen LogP contribution in [0.15, 0.2) is 52.9 Å². The Morgan fingerprint density at radius 2 is 1.67 bits per heavy atom. The summed E-state index contributed by atoms with van der Waals surface area (Å²) < 4.78 is 42.9. The number of hydrogen-bond donors (Lipinski definition) is 1. The van der Waals surface area contributed by atoms with Crippen LogP contribution >= 0.6 is 0 Å². The van der Waals surface area contributed by atoms with Crippen molar-refractivity contribution in [3.63, 3.8) is 0 Å². The van der Waals surface area contributed by atoms with Crippen LogP contribution in [0.5, 0.6) is 0 Å². The van der Waals surface area contributed by atoms with Crippen LogP contribution in [0.1, 0.15) is 15.9 Å². The first-order valence-corrected chi connectivity index (χ1v) is 7.31. The smallest absolute Gasteiger partial charge is 0.403 e. The summed E-state index contributed by atoms with van der Waals surface area (Å²) in [6, 6.07) is 8.63. The van der Waals surface area contributed by atoms with Crippen LogP contribution < -0.4 is 5.32 Å². The van der Waals surface area contributed by atoms with Gasteiger partial charge in [-0.2, -0.15) is 13.2 Å². The van der Waals surface area contributed by atoms with Gasteiger partial charge in [0.05, 0.1) is 10.5 Å². The van der Waals surface area contributed by atoms with Crippen LogP contribution in [0.4, 0.5) is 24.9 Å². The molecule has 1 amide bonds. The van der Waals surface area contributed by atoms with Crippen LogP contribution in [-0.2, 0) is 6.18 Å². The molecule has 138 valence electrons. The van der Waals surface area contributed by atoms with E-state index in [1.165, 1.54) is 12.1 Å². The number of amides is 1. The number of nitrogens with zero attached hydrogens (tertiary/aromatic N) is 3. The average Bonchev–Trinajstić information content (AvgIpc) is 3.09. The van der Waals surface area contributed by atoms with E-state index in [0.717, 1.165) is 36.4 Å². The SMILES string of the molecule is O=C(Nc1nnc(-c2ccc(C(F)(F)F)cc2)o1)c1ccc([N+](=O)[O-])cc1. The fourth-order valence-electron chi connectivity index (χ4n) is 2.10. The van der Waals surface area contributed by atoms with E-state index in [0.29, 0.717) is 0 Å². The van der Waals surface area contributed by atoms with Crippen LogP contribution in [0, 0.1) is 10.1 Å². The molecule has 0 saturated heterocycles. The second kappa shape index (κ2) is 6.86. The molecule has 0 radical (unpaired) electrons. The second-order valence-corrected chi connectivity index (χ2v) is 5.25. The number of hydrogen-bond acceptors (Lipinski definition) is 6. The number of aromatic nitrogens is 2. The number of alkyl halides is 3. The molecule has 1 N–H and O–H groups in total. The Morgan fingerprint density at radius 3 is 2.22 bits per heavy atom. The Bertz CT molecular complexity index is 982. The number of carbonyl (C=O) groups is 1. The molecule has 11 heteroatoms. The van der Waals surface area contributed by atoms with Crippen molar-refractivity contribution >= 4 is 17.6 Å². The number of rotatable bonds is 4. The topological polar surface area (TPSA) is 111 Å². The molecule has 2 aromatic carbocycles. The largest absolute Gasteiger partial charge is 0.416 e. The fourth-order valence-corrected chi connectivity index (χ4v) is 2.10. The van der Waals surface area contributed by atoms with Gasteiger partial charge < -0.3 is 4.42 Å². The van der Waals surface area contributed by atoms with E-state index in [-0.39, 0.29) is 28.7 Å². The minimum absolute atomic E-state index is 0.0808. The van der Waals surface area contributed by atoms with Crippen molar-refractivity contribution in [2.45, 2.75) is 6.18 Å². The number of carbonyl (C=O) groups excluding carboxylic acids is 1. The van der Waals surface area contributed by atoms with Crippen LogP contribution in [0.3, 0.4) is 0 Å². The predicted octanol–water partition coefficient (Wildman–Crippen LogP) is 3.92. The van der Waals surface area contributed by atoms with E-state index in [1.54, 1.807) is 0 Å². The lowest BCUT2D eigenvalue weighted by molar-refractivity contribution is -0.384. The summed E-state index contributed by atoms with van der Waals surface area (Å²) in [6.07, 6.45) is -4.46. The maximum absolute atomic E-state index is 12.6. The van der Waals surface area contributed by atoms with Gasteiger partial charge in [-0.15, -0.1) is 5.10 Å². The van der Waals surface area contributed by atoms with Crippen molar-refractivity contribution in [3.05, 3.63) is 69.8 Å². The molecule has 0 atom stereocenters. The zero-order valence-corrected chi connectivity index (χ0v) is 13.2. The first-order chi connectivity index (χ1) is 12.7. The first kappa shape index (κ1) is 18.0. The van der Waals surface area contributed by atoms with Crippen molar-refractivity contribution in [2.75, 3.05) is 5.32 Å². The predicted molar refractivity (Wildman–Crippen MR) is 85.8 cm³/mol. The minimum Gasteiger partial charge on any atom is -0.403 e. The Kier molecular flexibility index (Phi) is 4.59. The van der Waals surface area contributed by atoms with Gasteiger partial charge in [0, 0.05) is 23.3 Å². The number of benzene rings is 2. The van der Waals surface area contributed by atoms with Crippen molar-refractivity contribution in [1.82, 2.24) is 10.2 Å². The molecule has 1 heterocycles. The third kappa shape index (κ3) is 4.08. The van der Waals surface area contributed by atoms with Crippen LogP contribution in [-0.4, -0.2) is 21.0 Å². The number of nitro groups is 1. The third-order valence-corrected chi connectivity index (χ3v) is 3.44. The molecule has 0 bridgehead atoms. The summed E-state index contributed by atoms with van der Waals surface area (Å²) in [5.41, 5.74) is -0.632. The molecule has 27 heavy (non-hydrogen) atoms. The highest BCUT2D eigenvalue weighted by Gasteiger charge is 2.30. The van der Waals surface area contributed by atoms with Crippen LogP contribution in [0.2, 0.25) is 0 Å². The highest BCUT2D eigenvalue weighted by Crippen LogP contribution is 2.31. The summed E-state index contributed by atoms with van der Waals surface area (Å²) in [4.78, 5) is 22.1. The Hall–Kier alpha value is -3.76. The average molecular weight is 378 g/mol. The van der Waals surface area contributed by atoms with Crippen molar-refractivity contribution < 1.29 is 27.3 Å². The molecule has 3 aromatic rings. The molecular weight excluding hydrogens is 369 g/mol. The quantitative estimate of drug-likeness (QED) is 0.544. The number of anilines is 1. The standard InChI is InChI=1S/C16H9F3N4O4/c17-16(18,19)11-5-1-10(2-6-11)14-21-22-15(27-14)20-13(24)9-3-7-12(8-4-9)23(25)26/h1-8H,(H,20,22,24). The molecule has 0 spiro atoms. The van der Waals surface area contributed by atoms with Crippen molar-refractivity contribution in [2.24, 2.45) is 0 Å². The molecule has 0 aliphatic rings. The summed E-state index contributed by atoms with van der Waals surface area (Å²) in [5, 5.41) is 20.2. The van der Waals surface area contributed by atoms with Gasteiger partial charge in [-0.3, -0.25) is 20.2 Å². The highest BCUT2D eigenvalue weighted by atomic mass is 19.4. The van der Waals surface area contributed by atoms with Crippen molar-refractivity contribution in [3.8, 4) is 11.5 Å². The van der Waals surface area contributed by atoms with Gasteiger partial charge in [-0.05, 0) is 36.4 Å². The van der Waals surface area contributed by atoms with E-state index in [2.05, 4.69) is 15.5 Å². The monoisotopic (exact) mass is 378 g/mol. The number of nitro benzene ring substituents is 1. The lowest BCUT2D eigenvalue weighted by atomic mass is 10.1. The number of nitrogens with one attached hydrogen (secondary N) is 1. The molecule has 0 saturated carbocycles. The minimum atomic E-state index is -4.46. The van der Waals surface area contributed by atoms with E-state index in [4.69, 9.17) is 4.42 Å². The van der Waals surface area contributed by atoms with E-state index in [1.807, 2.05) is 0 Å². The number of non-ortho nitro benzene ring substituents is 1. The fraction of sp³-hybridized carbons (Fsp3) is 0.0625. The zero-order valence-electron chi connectivity index (χ0n) is 13.2. The summed E-state index contributed by atoms with van der Waals surface area (Å²) in [7, 11) is 0. The molecule has 0 aliphatic carbocycles. The van der Waals surface area contributed by atoms with Gasteiger partial charge in [0.25, 0.3) is 11.6 Å². The van der Waals surface area contributed by atoms with Gasteiger partial charge in [-0.25, -0.2) is 0 Å². The molecule has 1 aromatic heterocycles. The van der Waals surface area contributed by atoms with E-state index < -0.39 is 22.6 Å². The molecular formula is C16H9F3N4O4. The number of halogens is 3. The Labute approximate surface area is 148 Å². The van der Waals surface area contributed by atoms with E-state index >= 15 is 0 Å². The second-order valence-electron chi connectivity index (χ2n) is 5.25. The first-order valence-electron chi connectivity index (χ1n) is 7.31. The third-order valence-electron chi connectivity index (χ3n) is 3.44. The maximum atomic E-state index is 12.6. The van der Waals surface area contributed by atoms with Gasteiger partial charge in [-0.1, -0.05) is 5.10 Å². The summed E-state index contributed by atoms with van der Waals surface area (Å²) in [6.45, 7) is 0. The van der Waals surface area contributed by atoms with Crippen molar-refractivity contribution in [1.29, 1.82) is 0 Å². The highest BCUT2D eigenvalue weighted by molar-refractivity contribution is 6.03. The molecule has 0 fully saturated rings. The zero-order chi connectivity index (χ0) is 19.6. The Balaban J connectivity index is 1.72. The lowest BCUT2D eigenvalue weighted by Crippen LogP contribution is -2.12. The maximum Gasteiger partial charge on any atom is 0.416 e. The summed E-state index contributed by atoms with van der Waals surface area (Å²) in [5.74, 6) is -0.727. The lowest BCUT2D eigenvalue weighted by Gasteiger charge is -2.05. The normalized spacial score (nSPS) is 11.2. The van der Waals surface area contributed by atoms with Gasteiger partial charge in [0.2, 0.25) is 5.89 Å². The molecule has 0 aliphatic heterocycles. The molecule has 8 nitrogen and oxygen atoms in total.